The van der Waals surface area contributed by atoms with Crippen LogP contribution < -0.4 is 9.47 Å². The monoisotopic (exact) mass is 515 g/mol. The maximum absolute atomic E-state index is 13.8. The molecule has 3 aliphatic rings. The number of likely N-dealkylation sites (tertiary alicyclic amines) is 1. The van der Waals surface area contributed by atoms with Crippen molar-refractivity contribution in [3.05, 3.63) is 71.2 Å². The zero-order chi connectivity index (χ0) is 26.6. The minimum Gasteiger partial charge on any atom is -0.497 e. The van der Waals surface area contributed by atoms with E-state index in [2.05, 4.69) is 18.1 Å². The molecule has 9 heteroatoms. The molecule has 0 radical (unpaired) electrons. The fourth-order valence-electron chi connectivity index (χ4n) is 6.61. The number of piperidine rings is 1. The molecule has 0 aliphatic carbocycles. The zero-order valence-corrected chi connectivity index (χ0v) is 22.3. The normalized spacial score (nSPS) is 20.3. The first-order chi connectivity index (χ1) is 18.4. The zero-order valence-electron chi connectivity index (χ0n) is 22.3. The van der Waals surface area contributed by atoms with E-state index >= 15 is 0 Å². The summed E-state index contributed by atoms with van der Waals surface area (Å²) in [5, 5.41) is 4.34. The van der Waals surface area contributed by atoms with E-state index in [-0.39, 0.29) is 17.9 Å². The summed E-state index contributed by atoms with van der Waals surface area (Å²) in [5.41, 5.74) is 4.12. The van der Waals surface area contributed by atoms with Crippen LogP contribution >= 0.6 is 0 Å². The number of allylic oxidation sites excluding steroid dienone is 1. The number of nitrogens with zero attached hydrogens (tertiary/aromatic N) is 5. The molecule has 2 saturated heterocycles. The quantitative estimate of drug-likeness (QED) is 0.518. The number of urea groups is 1. The van der Waals surface area contributed by atoms with Crippen LogP contribution in [0.3, 0.4) is 0 Å². The van der Waals surface area contributed by atoms with Crippen molar-refractivity contribution in [1.29, 1.82) is 0 Å². The predicted molar refractivity (Wildman–Crippen MR) is 142 cm³/mol. The summed E-state index contributed by atoms with van der Waals surface area (Å²) < 4.78 is 13.0. The molecule has 3 aliphatic heterocycles. The summed E-state index contributed by atoms with van der Waals surface area (Å²) in [6.07, 6.45) is 7.09. The average molecular weight is 516 g/mol. The van der Waals surface area contributed by atoms with Crippen LogP contribution in [0, 0.1) is 0 Å². The molecule has 1 spiro atoms. The fourth-order valence-corrected chi connectivity index (χ4v) is 6.61. The maximum Gasteiger partial charge on any atom is 0.325 e. The number of likely N-dealkylation sites (N-methyl/N-ethyl adjacent to an activating group) is 1. The molecule has 5 heterocycles. The highest BCUT2D eigenvalue weighted by molar-refractivity contribution is 6.00. The number of hydrogen-bond donors (Lipinski definition) is 0. The molecule has 198 valence electrons. The molecule has 2 aromatic heterocycles. The summed E-state index contributed by atoms with van der Waals surface area (Å²) in [4.78, 5) is 33.2. The van der Waals surface area contributed by atoms with Crippen LogP contribution in [0.1, 0.15) is 54.1 Å². The predicted octanol–water partition coefficient (Wildman–Crippen LogP) is 4.29. The van der Waals surface area contributed by atoms with E-state index in [0.29, 0.717) is 50.3 Å². The Hall–Kier alpha value is -4.01. The number of fused-ring (bicyclic) bond motifs is 4. The van der Waals surface area contributed by atoms with Crippen LogP contribution in [0.5, 0.6) is 11.5 Å². The molecule has 0 unspecified atom stereocenters. The van der Waals surface area contributed by atoms with Crippen LogP contribution in [-0.2, 0) is 6.54 Å². The SMILES string of the molecule is CCN1C(=O)N2Cc3cc(OC)cc(OC)c3[C@@H](C)C=C2C12CCN(C(=O)c1cnn3ccccc13)CC2. The number of pyridine rings is 1. The van der Waals surface area contributed by atoms with Crippen molar-refractivity contribution in [1.82, 2.24) is 24.3 Å². The number of methoxy groups -OCH3 is 2. The summed E-state index contributed by atoms with van der Waals surface area (Å²) in [5.74, 6) is 1.51. The molecule has 38 heavy (non-hydrogen) atoms. The number of benzene rings is 1. The van der Waals surface area contributed by atoms with Crippen molar-refractivity contribution in [3.63, 3.8) is 0 Å². The maximum atomic E-state index is 13.8. The summed E-state index contributed by atoms with van der Waals surface area (Å²) >= 11 is 0. The molecule has 6 rings (SSSR count). The Morgan fingerprint density at radius 3 is 2.66 bits per heavy atom. The average Bonchev–Trinajstić information content (AvgIpc) is 3.40. The molecule has 0 saturated carbocycles. The van der Waals surface area contributed by atoms with Crippen LogP contribution in [0.15, 0.2) is 54.5 Å². The van der Waals surface area contributed by atoms with Crippen LogP contribution in [0.25, 0.3) is 5.52 Å². The van der Waals surface area contributed by atoms with Gasteiger partial charge in [-0.1, -0.05) is 19.1 Å². The standard InChI is InChI=1S/C29H33N5O4/c1-5-33-28(36)32-18-20-15-21(37-3)16-24(38-4)26(20)19(2)14-25(32)29(33)9-12-31(13-10-29)27(35)22-17-30-34-11-7-6-8-23(22)34/h6-8,11,14-17,19H,5,9-10,12-13,18H2,1-4H3/t19-/m0/s1. The lowest BCUT2D eigenvalue weighted by Crippen LogP contribution is -2.54. The number of rotatable bonds is 4. The molecule has 0 bridgehead atoms. The van der Waals surface area contributed by atoms with Crippen molar-refractivity contribution in [3.8, 4) is 11.5 Å². The van der Waals surface area contributed by atoms with Gasteiger partial charge in [0.2, 0.25) is 0 Å². The van der Waals surface area contributed by atoms with Crippen molar-refractivity contribution in [2.24, 2.45) is 0 Å². The lowest BCUT2D eigenvalue weighted by molar-refractivity contribution is 0.0577. The lowest BCUT2D eigenvalue weighted by Gasteiger charge is -2.44. The number of aromatic nitrogens is 2. The number of carbonyl (C=O) groups excluding carboxylic acids is 2. The third kappa shape index (κ3) is 3.48. The van der Waals surface area contributed by atoms with Gasteiger partial charge in [-0.25, -0.2) is 9.31 Å². The topological polar surface area (TPSA) is 79.6 Å². The van der Waals surface area contributed by atoms with Gasteiger partial charge in [-0.3, -0.25) is 9.69 Å². The van der Waals surface area contributed by atoms with E-state index in [9.17, 15) is 9.59 Å². The van der Waals surface area contributed by atoms with Gasteiger partial charge < -0.3 is 19.3 Å². The van der Waals surface area contributed by atoms with Crippen molar-refractivity contribution >= 4 is 17.5 Å². The Bertz CT molecular complexity index is 1450. The Morgan fingerprint density at radius 1 is 1.16 bits per heavy atom. The van der Waals surface area contributed by atoms with E-state index in [0.717, 1.165) is 28.1 Å². The minimum absolute atomic E-state index is 0.0160. The van der Waals surface area contributed by atoms with Gasteiger partial charge in [0.15, 0.2) is 0 Å². The van der Waals surface area contributed by atoms with Gasteiger partial charge in [0.25, 0.3) is 5.91 Å². The van der Waals surface area contributed by atoms with Crippen LogP contribution in [0.2, 0.25) is 0 Å². The molecule has 9 nitrogen and oxygen atoms in total. The van der Waals surface area contributed by atoms with Gasteiger partial charge in [-0.2, -0.15) is 5.10 Å². The molecule has 0 N–H and O–H groups in total. The van der Waals surface area contributed by atoms with E-state index in [1.807, 2.05) is 58.2 Å². The van der Waals surface area contributed by atoms with E-state index < -0.39 is 5.54 Å². The second-order valence-electron chi connectivity index (χ2n) is 10.3. The van der Waals surface area contributed by atoms with Gasteiger partial charge >= 0.3 is 6.03 Å². The second-order valence-corrected chi connectivity index (χ2v) is 10.3. The van der Waals surface area contributed by atoms with Crippen LogP contribution in [0.4, 0.5) is 4.79 Å². The molecule has 1 aromatic carbocycles. The number of hydrogen-bond acceptors (Lipinski definition) is 5. The fraction of sp³-hybridized carbons (Fsp3) is 0.414. The molecule has 3 amide bonds. The first-order valence-electron chi connectivity index (χ1n) is 13.2. The first-order valence-corrected chi connectivity index (χ1v) is 13.2. The highest BCUT2D eigenvalue weighted by Crippen LogP contribution is 2.49. The highest BCUT2D eigenvalue weighted by atomic mass is 16.5. The third-order valence-corrected chi connectivity index (χ3v) is 8.45. The molecule has 2 fully saturated rings. The van der Waals surface area contributed by atoms with Gasteiger partial charge in [0.1, 0.15) is 11.5 Å². The number of amides is 3. The van der Waals surface area contributed by atoms with E-state index in [1.54, 1.807) is 24.9 Å². The summed E-state index contributed by atoms with van der Waals surface area (Å²) in [6.45, 7) is 6.39. The van der Waals surface area contributed by atoms with Gasteiger partial charge in [-0.05, 0) is 43.5 Å². The van der Waals surface area contributed by atoms with E-state index in [4.69, 9.17) is 9.47 Å². The molecular weight excluding hydrogens is 482 g/mol. The van der Waals surface area contributed by atoms with Crippen molar-refractivity contribution < 1.29 is 19.1 Å². The van der Waals surface area contributed by atoms with Gasteiger partial charge in [0, 0.05) is 49.1 Å². The number of carbonyl (C=O) groups is 2. The van der Waals surface area contributed by atoms with Crippen molar-refractivity contribution in [2.75, 3.05) is 33.9 Å². The lowest BCUT2D eigenvalue weighted by atomic mass is 9.82. The van der Waals surface area contributed by atoms with E-state index in [1.165, 1.54) is 0 Å². The highest BCUT2D eigenvalue weighted by Gasteiger charge is 2.55. The Labute approximate surface area is 222 Å². The van der Waals surface area contributed by atoms with Gasteiger partial charge in [0.05, 0.1) is 43.6 Å². The van der Waals surface area contributed by atoms with Crippen molar-refractivity contribution in [2.45, 2.75) is 44.7 Å². The largest absolute Gasteiger partial charge is 0.497 e. The second kappa shape index (κ2) is 9.08. The Kier molecular flexibility index (Phi) is 5.81. The number of ether oxygens (including phenoxy) is 2. The minimum atomic E-state index is -0.447. The molecule has 3 aromatic rings. The third-order valence-electron chi connectivity index (χ3n) is 8.45. The molecule has 1 atom stereocenters. The Morgan fingerprint density at radius 2 is 1.95 bits per heavy atom. The first kappa shape index (κ1) is 24.3. The Balaban J connectivity index is 1.33. The smallest absolute Gasteiger partial charge is 0.325 e. The van der Waals surface area contributed by atoms with Crippen LogP contribution in [-0.4, -0.2) is 75.6 Å². The summed E-state index contributed by atoms with van der Waals surface area (Å²) in [7, 11) is 3.31. The summed E-state index contributed by atoms with van der Waals surface area (Å²) in [6, 6.07) is 9.66. The molecular formula is C29H33N5O4. The van der Waals surface area contributed by atoms with Gasteiger partial charge in [-0.15, -0.1) is 0 Å².